The lowest BCUT2D eigenvalue weighted by Gasteiger charge is -2.11. The first-order valence-corrected chi connectivity index (χ1v) is 14.5. The van der Waals surface area contributed by atoms with Crippen LogP contribution >= 0.6 is 15.9 Å². The SMILES string of the molecule is CCCCCCOc1ccc(OC(=O)c2ccc(OC(=O)c3cccc(OCCCCCC)c3Br)cc2)cc1. The van der Waals surface area contributed by atoms with E-state index in [2.05, 4.69) is 29.8 Å². The number of unbranched alkanes of at least 4 members (excludes halogenated alkanes) is 6. The molecule has 3 aromatic rings. The summed E-state index contributed by atoms with van der Waals surface area (Å²) in [6.45, 7) is 5.60. The first-order chi connectivity index (χ1) is 19.0. The highest BCUT2D eigenvalue weighted by Crippen LogP contribution is 2.30. The van der Waals surface area contributed by atoms with E-state index in [0.29, 0.717) is 46.1 Å². The van der Waals surface area contributed by atoms with Crippen LogP contribution in [0.4, 0.5) is 0 Å². The molecule has 0 unspecified atom stereocenters. The van der Waals surface area contributed by atoms with Crippen molar-refractivity contribution in [3.05, 3.63) is 82.3 Å². The van der Waals surface area contributed by atoms with E-state index in [1.54, 1.807) is 60.7 Å². The van der Waals surface area contributed by atoms with E-state index in [4.69, 9.17) is 18.9 Å². The van der Waals surface area contributed by atoms with Gasteiger partial charge in [-0.25, -0.2) is 9.59 Å². The van der Waals surface area contributed by atoms with Crippen LogP contribution in [0.15, 0.2) is 71.2 Å². The lowest BCUT2D eigenvalue weighted by Crippen LogP contribution is -2.11. The van der Waals surface area contributed by atoms with Crippen molar-refractivity contribution < 1.29 is 28.5 Å². The summed E-state index contributed by atoms with van der Waals surface area (Å²) in [6, 6.07) is 18.5. The van der Waals surface area contributed by atoms with Crippen molar-refractivity contribution in [2.24, 2.45) is 0 Å². The van der Waals surface area contributed by atoms with E-state index in [9.17, 15) is 9.59 Å². The zero-order valence-corrected chi connectivity index (χ0v) is 24.3. The van der Waals surface area contributed by atoms with E-state index >= 15 is 0 Å². The van der Waals surface area contributed by atoms with Gasteiger partial charge in [0.05, 0.1) is 28.8 Å². The summed E-state index contributed by atoms with van der Waals surface area (Å²) in [5, 5.41) is 0. The lowest BCUT2D eigenvalue weighted by molar-refractivity contribution is 0.0729. The van der Waals surface area contributed by atoms with Crippen LogP contribution in [0, 0.1) is 0 Å². The second-order valence-electron chi connectivity index (χ2n) is 9.21. The van der Waals surface area contributed by atoms with E-state index in [1.165, 1.54) is 19.3 Å². The molecule has 0 bridgehead atoms. The van der Waals surface area contributed by atoms with Gasteiger partial charge in [-0.1, -0.05) is 58.4 Å². The van der Waals surface area contributed by atoms with Crippen molar-refractivity contribution in [3.8, 4) is 23.0 Å². The Morgan fingerprint density at radius 2 is 1.15 bits per heavy atom. The fourth-order valence-electron chi connectivity index (χ4n) is 3.80. The van der Waals surface area contributed by atoms with Gasteiger partial charge in [-0.05, 0) is 89.4 Å². The molecule has 3 rings (SSSR count). The molecule has 0 saturated carbocycles. The maximum absolute atomic E-state index is 12.8. The van der Waals surface area contributed by atoms with Crippen molar-refractivity contribution >= 4 is 27.9 Å². The second kappa shape index (κ2) is 16.6. The molecule has 6 nitrogen and oxygen atoms in total. The van der Waals surface area contributed by atoms with Crippen molar-refractivity contribution in [2.45, 2.75) is 65.2 Å². The van der Waals surface area contributed by atoms with E-state index in [1.807, 2.05) is 6.07 Å². The third-order valence-corrected chi connectivity index (χ3v) is 6.86. The standard InChI is InChI=1S/C32H37BrO6/c1-3-5-7-9-22-36-25-18-20-27(21-19-25)38-31(34)24-14-16-26(17-15-24)39-32(35)28-12-11-13-29(30(28)33)37-23-10-8-6-4-2/h11-21H,3-10,22-23H2,1-2H3. The summed E-state index contributed by atoms with van der Waals surface area (Å²) < 4.78 is 23.1. The fraction of sp³-hybridized carbons (Fsp3) is 0.375. The number of halogens is 1. The van der Waals surface area contributed by atoms with Crippen LogP contribution in [0.5, 0.6) is 23.0 Å². The average Bonchev–Trinajstić information content (AvgIpc) is 2.95. The summed E-state index contributed by atoms with van der Waals surface area (Å²) in [6.07, 6.45) is 8.99. The minimum Gasteiger partial charge on any atom is -0.494 e. The Bertz CT molecular complexity index is 1170. The van der Waals surface area contributed by atoms with Crippen LogP contribution in [-0.4, -0.2) is 25.2 Å². The van der Waals surface area contributed by atoms with E-state index in [-0.39, 0.29) is 0 Å². The Labute approximate surface area is 239 Å². The molecule has 0 aliphatic carbocycles. The second-order valence-corrected chi connectivity index (χ2v) is 10.0. The smallest absolute Gasteiger partial charge is 0.344 e. The number of ether oxygens (including phenoxy) is 4. The van der Waals surface area contributed by atoms with Gasteiger partial charge < -0.3 is 18.9 Å². The molecule has 3 aromatic carbocycles. The maximum atomic E-state index is 12.8. The van der Waals surface area contributed by atoms with Gasteiger partial charge in [-0.2, -0.15) is 0 Å². The van der Waals surface area contributed by atoms with Gasteiger partial charge in [-0.3, -0.25) is 0 Å². The molecule has 0 aromatic heterocycles. The topological polar surface area (TPSA) is 71.1 Å². The van der Waals surface area contributed by atoms with Crippen LogP contribution in [0.25, 0.3) is 0 Å². The molecule has 0 aliphatic rings. The van der Waals surface area contributed by atoms with Gasteiger partial charge in [0.15, 0.2) is 0 Å². The maximum Gasteiger partial charge on any atom is 0.344 e. The largest absolute Gasteiger partial charge is 0.494 e. The summed E-state index contributed by atoms with van der Waals surface area (Å²) in [7, 11) is 0. The van der Waals surface area contributed by atoms with Gasteiger partial charge in [-0.15, -0.1) is 0 Å². The zero-order valence-electron chi connectivity index (χ0n) is 22.7. The molecule has 7 heteroatoms. The molecule has 0 atom stereocenters. The Balaban J connectivity index is 1.50. The number of hydrogen-bond donors (Lipinski definition) is 0. The Hall–Kier alpha value is -3.32. The number of esters is 2. The Morgan fingerprint density at radius 3 is 1.77 bits per heavy atom. The van der Waals surface area contributed by atoms with Gasteiger partial charge in [0.25, 0.3) is 0 Å². The van der Waals surface area contributed by atoms with Crippen molar-refractivity contribution in [3.63, 3.8) is 0 Å². The summed E-state index contributed by atoms with van der Waals surface area (Å²) in [5.74, 6) is 1.05. The lowest BCUT2D eigenvalue weighted by atomic mass is 10.2. The highest BCUT2D eigenvalue weighted by molar-refractivity contribution is 9.10. The fourth-order valence-corrected chi connectivity index (χ4v) is 4.34. The van der Waals surface area contributed by atoms with Crippen LogP contribution in [-0.2, 0) is 0 Å². The van der Waals surface area contributed by atoms with Gasteiger partial charge in [0.1, 0.15) is 23.0 Å². The van der Waals surface area contributed by atoms with Crippen LogP contribution in [0.1, 0.15) is 85.9 Å². The van der Waals surface area contributed by atoms with E-state index in [0.717, 1.165) is 37.9 Å². The number of benzene rings is 3. The molecule has 0 fully saturated rings. The molecular formula is C32H37BrO6. The van der Waals surface area contributed by atoms with Gasteiger partial charge >= 0.3 is 11.9 Å². The number of carbonyl (C=O) groups excluding carboxylic acids is 2. The average molecular weight is 598 g/mol. The zero-order chi connectivity index (χ0) is 27.9. The quantitative estimate of drug-likeness (QED) is 0.0934. The molecule has 0 radical (unpaired) electrons. The molecule has 0 aliphatic heterocycles. The molecule has 0 heterocycles. The normalized spacial score (nSPS) is 10.6. The van der Waals surface area contributed by atoms with Crippen LogP contribution < -0.4 is 18.9 Å². The van der Waals surface area contributed by atoms with Crippen molar-refractivity contribution in [1.29, 1.82) is 0 Å². The number of rotatable bonds is 16. The third kappa shape index (κ3) is 10.1. The van der Waals surface area contributed by atoms with Gasteiger partial charge in [0.2, 0.25) is 0 Å². The molecule has 0 saturated heterocycles. The first-order valence-electron chi connectivity index (χ1n) is 13.7. The summed E-state index contributed by atoms with van der Waals surface area (Å²) >= 11 is 3.47. The van der Waals surface area contributed by atoms with Gasteiger partial charge in [0, 0.05) is 0 Å². The molecule has 0 amide bonds. The van der Waals surface area contributed by atoms with Crippen LogP contribution in [0.2, 0.25) is 0 Å². The number of carbonyl (C=O) groups is 2. The van der Waals surface area contributed by atoms with Crippen molar-refractivity contribution in [2.75, 3.05) is 13.2 Å². The minimum atomic E-state index is -0.527. The van der Waals surface area contributed by atoms with Crippen molar-refractivity contribution in [1.82, 2.24) is 0 Å². The monoisotopic (exact) mass is 596 g/mol. The van der Waals surface area contributed by atoms with E-state index < -0.39 is 11.9 Å². The predicted octanol–water partition coefficient (Wildman–Crippen LogP) is 8.81. The highest BCUT2D eigenvalue weighted by atomic mass is 79.9. The molecule has 0 N–H and O–H groups in total. The van der Waals surface area contributed by atoms with Crippen LogP contribution in [0.3, 0.4) is 0 Å². The minimum absolute atomic E-state index is 0.315. The molecule has 39 heavy (non-hydrogen) atoms. The molecular weight excluding hydrogens is 560 g/mol. The molecule has 208 valence electrons. The Kier molecular flexibility index (Phi) is 12.9. The summed E-state index contributed by atoms with van der Waals surface area (Å²) in [4.78, 5) is 25.4. The molecule has 0 spiro atoms. The predicted molar refractivity (Wildman–Crippen MR) is 156 cm³/mol. The third-order valence-electron chi connectivity index (χ3n) is 6.04. The number of hydrogen-bond acceptors (Lipinski definition) is 6. The highest BCUT2D eigenvalue weighted by Gasteiger charge is 2.17. The summed E-state index contributed by atoms with van der Waals surface area (Å²) in [5.41, 5.74) is 0.698. The Morgan fingerprint density at radius 1 is 0.615 bits per heavy atom. The first kappa shape index (κ1) is 30.2.